The lowest BCUT2D eigenvalue weighted by Gasteiger charge is -2.07. The van der Waals surface area contributed by atoms with Gasteiger partial charge in [-0.2, -0.15) is 13.2 Å². The number of rotatable bonds is 5. The molecule has 1 heterocycles. The number of likely N-dealkylation sites (N-methyl/N-ethyl adjacent to an activating group) is 1. The Morgan fingerprint density at radius 2 is 2.14 bits per heavy atom. The first-order valence-electron chi connectivity index (χ1n) is 6.44. The van der Waals surface area contributed by atoms with Crippen LogP contribution in [0.15, 0.2) is 30.5 Å². The number of carbonyl (C=O) groups excluding carboxylic acids is 1. The molecule has 118 valence electrons. The molecule has 1 amide bonds. The molecule has 1 aromatic heterocycles. The van der Waals surface area contributed by atoms with Crippen molar-refractivity contribution in [1.82, 2.24) is 10.3 Å². The average molecular weight is 329 g/mol. The number of nitrogens with zero attached hydrogens (tertiary/aromatic N) is 1. The number of carbonyl (C=O) groups is 1. The third-order valence-corrected chi connectivity index (χ3v) is 3.68. The van der Waals surface area contributed by atoms with E-state index in [9.17, 15) is 18.0 Å². The number of hydrogen-bond donors (Lipinski definition) is 2. The zero-order valence-electron chi connectivity index (χ0n) is 11.7. The fraction of sp³-hybridized carbons (Fsp3) is 0.286. The van der Waals surface area contributed by atoms with E-state index in [0.29, 0.717) is 17.1 Å². The lowest BCUT2D eigenvalue weighted by atomic mass is 10.1. The molecule has 2 rings (SSSR count). The smallest absolute Gasteiger partial charge is 0.311 e. The Balaban J connectivity index is 2.06. The monoisotopic (exact) mass is 329 g/mol. The first-order valence-corrected chi connectivity index (χ1v) is 7.25. The zero-order chi connectivity index (χ0) is 16.2. The Morgan fingerprint density at radius 1 is 1.36 bits per heavy atom. The van der Waals surface area contributed by atoms with Crippen LogP contribution in [0, 0.1) is 0 Å². The molecule has 22 heavy (non-hydrogen) atoms. The summed E-state index contributed by atoms with van der Waals surface area (Å²) in [5.41, 5.74) is -0.122. The summed E-state index contributed by atoms with van der Waals surface area (Å²) in [7, 11) is 1.65. The second kappa shape index (κ2) is 6.89. The third kappa shape index (κ3) is 4.54. The fourth-order valence-corrected chi connectivity index (χ4v) is 2.69. The quantitative estimate of drug-likeness (QED) is 0.887. The van der Waals surface area contributed by atoms with E-state index in [0.717, 1.165) is 17.0 Å². The molecule has 8 heteroatoms. The molecule has 2 N–H and O–H groups in total. The highest BCUT2D eigenvalue weighted by atomic mass is 32.1. The summed E-state index contributed by atoms with van der Waals surface area (Å²) < 4.78 is 38.0. The van der Waals surface area contributed by atoms with Crippen LogP contribution in [0.1, 0.15) is 16.0 Å². The molecule has 0 saturated heterocycles. The number of benzene rings is 1. The number of nitrogens with one attached hydrogen (secondary N) is 2. The Kier molecular flexibility index (Phi) is 5.15. The second-order valence-corrected chi connectivity index (χ2v) is 5.70. The van der Waals surface area contributed by atoms with E-state index in [1.165, 1.54) is 17.4 Å². The van der Waals surface area contributed by atoms with Gasteiger partial charge in [0.25, 0.3) is 0 Å². The van der Waals surface area contributed by atoms with Gasteiger partial charge in [0.1, 0.15) is 0 Å². The number of thiazole rings is 1. The number of anilines is 1. The summed E-state index contributed by atoms with van der Waals surface area (Å²) in [4.78, 5) is 16.2. The fourth-order valence-electron chi connectivity index (χ4n) is 1.83. The molecule has 0 radical (unpaired) electrons. The van der Waals surface area contributed by atoms with Crippen LogP contribution in [0.25, 0.3) is 0 Å². The van der Waals surface area contributed by atoms with E-state index >= 15 is 0 Å². The summed E-state index contributed by atoms with van der Waals surface area (Å²) in [5, 5.41) is 5.76. The van der Waals surface area contributed by atoms with Gasteiger partial charge in [0.05, 0.1) is 12.1 Å². The van der Waals surface area contributed by atoms with Crippen molar-refractivity contribution >= 4 is 22.4 Å². The Labute approximate surface area is 129 Å². The van der Waals surface area contributed by atoms with Crippen molar-refractivity contribution in [2.24, 2.45) is 0 Å². The van der Waals surface area contributed by atoms with Crippen molar-refractivity contribution in [3.05, 3.63) is 46.5 Å². The largest absolute Gasteiger partial charge is 0.416 e. The molecule has 0 unspecified atom stereocenters. The summed E-state index contributed by atoms with van der Waals surface area (Å²) in [6.45, 7) is 0.169. The predicted molar refractivity (Wildman–Crippen MR) is 78.9 cm³/mol. The van der Waals surface area contributed by atoms with E-state index in [-0.39, 0.29) is 12.5 Å². The van der Waals surface area contributed by atoms with Gasteiger partial charge in [-0.15, -0.1) is 11.3 Å². The molecule has 4 nitrogen and oxygen atoms in total. The van der Waals surface area contributed by atoms with Crippen LogP contribution in [0.4, 0.5) is 18.3 Å². The van der Waals surface area contributed by atoms with E-state index in [2.05, 4.69) is 15.6 Å². The van der Waals surface area contributed by atoms with Crippen molar-refractivity contribution in [3.8, 4) is 0 Å². The highest BCUT2D eigenvalue weighted by molar-refractivity contribution is 7.15. The minimum atomic E-state index is -4.35. The van der Waals surface area contributed by atoms with Gasteiger partial charge in [-0.3, -0.25) is 4.79 Å². The highest BCUT2D eigenvalue weighted by Gasteiger charge is 2.30. The van der Waals surface area contributed by atoms with Gasteiger partial charge in [0.15, 0.2) is 5.13 Å². The van der Waals surface area contributed by atoms with Gasteiger partial charge in [0.2, 0.25) is 5.91 Å². The number of alkyl halides is 3. The van der Waals surface area contributed by atoms with Crippen molar-refractivity contribution in [1.29, 1.82) is 0 Å². The topological polar surface area (TPSA) is 54.0 Å². The summed E-state index contributed by atoms with van der Waals surface area (Å²) >= 11 is 1.24. The van der Waals surface area contributed by atoms with Gasteiger partial charge in [-0.1, -0.05) is 18.2 Å². The van der Waals surface area contributed by atoms with E-state index in [1.807, 2.05) is 0 Å². The lowest BCUT2D eigenvalue weighted by molar-refractivity contribution is -0.137. The molecular weight excluding hydrogens is 315 g/mol. The van der Waals surface area contributed by atoms with Gasteiger partial charge < -0.3 is 10.6 Å². The van der Waals surface area contributed by atoms with Gasteiger partial charge >= 0.3 is 6.18 Å². The van der Waals surface area contributed by atoms with Crippen molar-refractivity contribution in [2.75, 3.05) is 18.9 Å². The van der Waals surface area contributed by atoms with Crippen molar-refractivity contribution < 1.29 is 18.0 Å². The molecule has 0 aliphatic carbocycles. The molecule has 0 bridgehead atoms. The van der Waals surface area contributed by atoms with Crippen LogP contribution < -0.4 is 10.6 Å². The maximum Gasteiger partial charge on any atom is 0.416 e. The van der Waals surface area contributed by atoms with E-state index in [4.69, 9.17) is 0 Å². The molecule has 0 atom stereocenters. The van der Waals surface area contributed by atoms with Gasteiger partial charge in [-0.05, 0) is 18.7 Å². The van der Waals surface area contributed by atoms with Crippen LogP contribution in [-0.2, 0) is 17.4 Å². The number of aromatic nitrogens is 1. The highest BCUT2D eigenvalue weighted by Crippen LogP contribution is 2.30. The predicted octanol–water partition coefficient (Wildman–Crippen LogP) is 2.91. The number of halogens is 3. The van der Waals surface area contributed by atoms with Crippen molar-refractivity contribution in [3.63, 3.8) is 0 Å². The molecule has 0 aliphatic heterocycles. The third-order valence-electron chi connectivity index (χ3n) is 2.77. The summed E-state index contributed by atoms with van der Waals surface area (Å²) in [6, 6.07) is 5.18. The minimum absolute atomic E-state index is 0.169. The van der Waals surface area contributed by atoms with E-state index in [1.54, 1.807) is 19.3 Å². The van der Waals surface area contributed by atoms with Crippen LogP contribution in [0.5, 0.6) is 0 Å². The molecule has 1 aromatic carbocycles. The number of amides is 1. The molecule has 0 saturated carbocycles. The van der Waals surface area contributed by atoms with Gasteiger partial charge in [-0.25, -0.2) is 4.98 Å². The first-order chi connectivity index (χ1) is 10.4. The first kappa shape index (κ1) is 16.4. The van der Waals surface area contributed by atoms with Crippen LogP contribution >= 0.6 is 11.3 Å². The Bertz CT molecular complexity index is 655. The zero-order valence-corrected chi connectivity index (χ0v) is 12.5. The molecule has 0 fully saturated rings. The second-order valence-electron chi connectivity index (χ2n) is 4.59. The standard InChI is InChI=1S/C14H14F3N3OS/c1-18-8-12(21)20-13-19-7-11(22-13)6-9-3-2-4-10(5-9)14(15,16)17/h2-5,7,18H,6,8H2,1H3,(H,19,20,21). The summed E-state index contributed by atoms with van der Waals surface area (Å²) in [6.07, 6.45) is -2.46. The average Bonchev–Trinajstić information content (AvgIpc) is 2.85. The maximum atomic E-state index is 12.7. The maximum absolute atomic E-state index is 12.7. The van der Waals surface area contributed by atoms with Crippen LogP contribution in [0.3, 0.4) is 0 Å². The lowest BCUT2D eigenvalue weighted by Crippen LogP contribution is -2.24. The van der Waals surface area contributed by atoms with Gasteiger partial charge in [0, 0.05) is 17.5 Å². The summed E-state index contributed by atoms with van der Waals surface area (Å²) in [5.74, 6) is -0.220. The van der Waals surface area contributed by atoms with Crippen molar-refractivity contribution in [2.45, 2.75) is 12.6 Å². The van der Waals surface area contributed by atoms with Crippen LogP contribution in [0.2, 0.25) is 0 Å². The molecule has 0 spiro atoms. The molecule has 2 aromatic rings. The van der Waals surface area contributed by atoms with E-state index < -0.39 is 11.7 Å². The van der Waals surface area contributed by atoms with Crippen LogP contribution in [-0.4, -0.2) is 24.5 Å². The SMILES string of the molecule is CNCC(=O)Nc1ncc(Cc2cccc(C(F)(F)F)c2)s1. The molecular formula is C14H14F3N3OS. The molecule has 0 aliphatic rings. The minimum Gasteiger partial charge on any atom is -0.311 e. The number of hydrogen-bond acceptors (Lipinski definition) is 4. The Morgan fingerprint density at radius 3 is 2.82 bits per heavy atom. The Hall–Kier alpha value is -1.93. The normalized spacial score (nSPS) is 11.5.